The Balaban J connectivity index is 1.81. The highest BCUT2D eigenvalue weighted by Gasteiger charge is 2.09. The van der Waals surface area contributed by atoms with E-state index in [1.165, 1.54) is 0 Å². The summed E-state index contributed by atoms with van der Waals surface area (Å²) in [6.07, 6.45) is 3.75. The first-order chi connectivity index (χ1) is 11.7. The van der Waals surface area contributed by atoms with Gasteiger partial charge in [0.25, 0.3) is 0 Å². The second-order valence-electron chi connectivity index (χ2n) is 5.81. The summed E-state index contributed by atoms with van der Waals surface area (Å²) in [6.45, 7) is 6.92. The van der Waals surface area contributed by atoms with Gasteiger partial charge in [0.05, 0.1) is 24.8 Å². The van der Waals surface area contributed by atoms with Crippen molar-refractivity contribution in [1.29, 1.82) is 0 Å². The van der Waals surface area contributed by atoms with Gasteiger partial charge in [0.1, 0.15) is 17.2 Å². The molecule has 0 bridgehead atoms. The molecule has 1 aromatic heterocycles. The van der Waals surface area contributed by atoms with Gasteiger partial charge in [-0.2, -0.15) is 0 Å². The van der Waals surface area contributed by atoms with Crippen molar-refractivity contribution in [3.63, 3.8) is 0 Å². The lowest BCUT2D eigenvalue weighted by Crippen LogP contribution is -2.00. The monoisotopic (exact) mass is 322 g/mol. The highest BCUT2D eigenvalue weighted by molar-refractivity contribution is 5.61. The topological polar surface area (TPSA) is 36.3 Å². The molecule has 1 heterocycles. The summed E-state index contributed by atoms with van der Waals surface area (Å²) < 4.78 is 13.6. The minimum Gasteiger partial charge on any atom is -0.494 e. The summed E-state index contributed by atoms with van der Waals surface area (Å²) in [5.41, 5.74) is 2.17. The Bertz CT molecular complexity index is 791. The first-order valence-corrected chi connectivity index (χ1v) is 8.20. The van der Waals surface area contributed by atoms with Gasteiger partial charge in [0.2, 0.25) is 0 Å². The number of rotatable bonds is 6. The maximum Gasteiger partial charge on any atom is 0.128 e. The molecule has 0 spiro atoms. The van der Waals surface area contributed by atoms with Gasteiger partial charge in [-0.15, -0.1) is 0 Å². The second-order valence-corrected chi connectivity index (χ2v) is 5.81. The minimum atomic E-state index is 0.359. The fourth-order valence-corrected chi connectivity index (χ4v) is 2.57. The summed E-state index contributed by atoms with van der Waals surface area (Å²) in [6, 6.07) is 16.1. The van der Waals surface area contributed by atoms with Crippen LogP contribution in [0.3, 0.4) is 0 Å². The number of hydrogen-bond donors (Lipinski definition) is 0. The Morgan fingerprint density at radius 3 is 2.46 bits per heavy atom. The van der Waals surface area contributed by atoms with Crippen LogP contribution in [-0.4, -0.2) is 16.2 Å². The summed E-state index contributed by atoms with van der Waals surface area (Å²) in [5, 5.41) is 0. The molecule has 0 aliphatic heterocycles. The van der Waals surface area contributed by atoms with Crippen LogP contribution in [0.5, 0.6) is 17.2 Å². The maximum atomic E-state index is 5.97. The normalized spacial score (nSPS) is 10.8. The second kappa shape index (κ2) is 7.21. The lowest BCUT2D eigenvalue weighted by atomic mass is 10.1. The van der Waals surface area contributed by atoms with Crippen molar-refractivity contribution < 1.29 is 9.47 Å². The van der Waals surface area contributed by atoms with Gasteiger partial charge in [-0.1, -0.05) is 12.1 Å². The average Bonchev–Trinajstić information content (AvgIpc) is 3.07. The minimum absolute atomic E-state index is 0.359. The van der Waals surface area contributed by atoms with Gasteiger partial charge in [-0.3, -0.25) is 0 Å². The van der Waals surface area contributed by atoms with Gasteiger partial charge in [0, 0.05) is 11.6 Å². The fourth-order valence-electron chi connectivity index (χ4n) is 2.57. The fraction of sp³-hybridized carbons (Fsp3) is 0.250. The molecule has 0 aliphatic rings. The highest BCUT2D eigenvalue weighted by atomic mass is 16.5. The molecule has 24 heavy (non-hydrogen) atoms. The van der Waals surface area contributed by atoms with E-state index in [0.717, 1.165) is 28.5 Å². The van der Waals surface area contributed by atoms with Gasteiger partial charge in [-0.05, 0) is 57.2 Å². The van der Waals surface area contributed by atoms with Crippen molar-refractivity contribution in [1.82, 2.24) is 9.55 Å². The first-order valence-electron chi connectivity index (χ1n) is 8.20. The van der Waals surface area contributed by atoms with E-state index in [-0.39, 0.29) is 0 Å². The Labute approximate surface area is 142 Å². The van der Waals surface area contributed by atoms with Crippen molar-refractivity contribution in [3.8, 4) is 28.5 Å². The summed E-state index contributed by atoms with van der Waals surface area (Å²) in [4.78, 5) is 4.27. The maximum absolute atomic E-state index is 5.97. The quantitative estimate of drug-likeness (QED) is 0.616. The molecule has 2 aromatic carbocycles. The molecular weight excluding hydrogens is 300 g/mol. The SMILES string of the molecule is CCOc1ccc(Oc2cccc(-c3cncn3C(C)C)c2)cc1. The third kappa shape index (κ3) is 3.59. The zero-order chi connectivity index (χ0) is 16.9. The number of benzene rings is 2. The molecule has 0 saturated carbocycles. The molecular formula is C20H22N2O2. The standard InChI is InChI=1S/C20H22N2O2/c1-4-23-17-8-10-18(11-9-17)24-19-7-5-6-16(12-19)20-13-21-14-22(20)15(2)3/h5-15H,4H2,1-3H3. The summed E-state index contributed by atoms with van der Waals surface area (Å²) >= 11 is 0. The van der Waals surface area contributed by atoms with Crippen LogP contribution in [-0.2, 0) is 0 Å². The zero-order valence-electron chi connectivity index (χ0n) is 14.3. The van der Waals surface area contributed by atoms with E-state index in [9.17, 15) is 0 Å². The van der Waals surface area contributed by atoms with Crippen LogP contribution in [0.4, 0.5) is 0 Å². The van der Waals surface area contributed by atoms with Crippen LogP contribution in [0.25, 0.3) is 11.3 Å². The molecule has 0 fully saturated rings. The highest BCUT2D eigenvalue weighted by Crippen LogP contribution is 2.29. The third-order valence-electron chi connectivity index (χ3n) is 3.72. The molecule has 124 valence electrons. The lowest BCUT2D eigenvalue weighted by molar-refractivity contribution is 0.339. The molecule has 3 aromatic rings. The van der Waals surface area contributed by atoms with Gasteiger partial charge < -0.3 is 14.0 Å². The molecule has 0 radical (unpaired) electrons. The smallest absolute Gasteiger partial charge is 0.128 e. The van der Waals surface area contributed by atoms with Crippen LogP contribution >= 0.6 is 0 Å². The van der Waals surface area contributed by atoms with E-state index < -0.39 is 0 Å². The first kappa shape index (κ1) is 16.1. The van der Waals surface area contributed by atoms with Crippen molar-refractivity contribution in [2.24, 2.45) is 0 Å². The predicted molar refractivity (Wildman–Crippen MR) is 95.7 cm³/mol. The zero-order valence-corrected chi connectivity index (χ0v) is 14.3. The van der Waals surface area contributed by atoms with Gasteiger partial charge in [-0.25, -0.2) is 4.98 Å². The Morgan fingerprint density at radius 1 is 1.00 bits per heavy atom. The number of aromatic nitrogens is 2. The van der Waals surface area contributed by atoms with E-state index in [2.05, 4.69) is 29.5 Å². The number of ether oxygens (including phenoxy) is 2. The predicted octanol–water partition coefficient (Wildman–Crippen LogP) is 5.32. The van der Waals surface area contributed by atoms with Gasteiger partial charge in [0.15, 0.2) is 0 Å². The van der Waals surface area contributed by atoms with Crippen LogP contribution in [0.15, 0.2) is 61.1 Å². The van der Waals surface area contributed by atoms with Crippen LogP contribution in [0.1, 0.15) is 26.8 Å². The van der Waals surface area contributed by atoms with Gasteiger partial charge >= 0.3 is 0 Å². The van der Waals surface area contributed by atoms with Crippen LogP contribution < -0.4 is 9.47 Å². The van der Waals surface area contributed by atoms with E-state index in [1.54, 1.807) is 0 Å². The molecule has 0 saturated heterocycles. The summed E-state index contributed by atoms with van der Waals surface area (Å²) in [7, 11) is 0. The lowest BCUT2D eigenvalue weighted by Gasteiger charge is -2.13. The largest absolute Gasteiger partial charge is 0.494 e. The molecule has 0 aliphatic carbocycles. The van der Waals surface area contributed by atoms with Crippen LogP contribution in [0.2, 0.25) is 0 Å². The molecule has 3 rings (SSSR count). The summed E-state index contributed by atoms with van der Waals surface area (Å²) in [5.74, 6) is 2.43. The van der Waals surface area contributed by atoms with Crippen molar-refractivity contribution in [2.75, 3.05) is 6.61 Å². The van der Waals surface area contributed by atoms with E-state index in [4.69, 9.17) is 9.47 Å². The van der Waals surface area contributed by atoms with Crippen molar-refractivity contribution in [2.45, 2.75) is 26.8 Å². The average molecular weight is 322 g/mol. The Morgan fingerprint density at radius 2 is 1.75 bits per heavy atom. The number of nitrogens with zero attached hydrogens (tertiary/aromatic N) is 2. The molecule has 4 nitrogen and oxygen atoms in total. The molecule has 0 N–H and O–H groups in total. The van der Waals surface area contributed by atoms with Crippen molar-refractivity contribution in [3.05, 3.63) is 61.1 Å². The Hall–Kier alpha value is -2.75. The van der Waals surface area contributed by atoms with E-state index >= 15 is 0 Å². The molecule has 4 heteroatoms. The molecule has 0 unspecified atom stereocenters. The van der Waals surface area contributed by atoms with Crippen molar-refractivity contribution >= 4 is 0 Å². The van der Waals surface area contributed by atoms with Crippen LogP contribution in [0, 0.1) is 0 Å². The molecule has 0 atom stereocenters. The number of hydrogen-bond acceptors (Lipinski definition) is 3. The third-order valence-corrected chi connectivity index (χ3v) is 3.72. The van der Waals surface area contributed by atoms with E-state index in [1.807, 2.05) is 61.9 Å². The molecule has 0 amide bonds. The Kier molecular flexibility index (Phi) is 4.85. The van der Waals surface area contributed by atoms with E-state index in [0.29, 0.717) is 12.6 Å². The number of imidazole rings is 1.